The van der Waals surface area contributed by atoms with Crippen LogP contribution >= 0.6 is 23.2 Å². The summed E-state index contributed by atoms with van der Waals surface area (Å²) in [6, 6.07) is 9.27. The number of methoxy groups -OCH3 is 2. The largest absolute Gasteiger partial charge is 0.497 e. The summed E-state index contributed by atoms with van der Waals surface area (Å²) < 4.78 is 15.2. The molecule has 0 atom stereocenters. The number of carbonyl (C=O) groups is 2. The Morgan fingerprint density at radius 2 is 1.68 bits per heavy atom. The standard InChI is InChI=1S/C17H15Cl2NO5/c1-23-13-3-4-15(24-2)14(8-13)17(22)25-9-16(21)20-12-6-10(18)5-11(19)7-12/h3-8H,9H2,1-2H3,(H,20,21). The SMILES string of the molecule is COc1ccc(OC)c(C(=O)OCC(=O)Nc2cc(Cl)cc(Cl)c2)c1. The molecule has 0 aliphatic carbocycles. The molecule has 25 heavy (non-hydrogen) atoms. The van der Waals surface area contributed by atoms with E-state index >= 15 is 0 Å². The molecular weight excluding hydrogens is 369 g/mol. The summed E-state index contributed by atoms with van der Waals surface area (Å²) in [6.07, 6.45) is 0. The molecule has 2 rings (SSSR count). The molecule has 2 aromatic rings. The van der Waals surface area contributed by atoms with Crippen LogP contribution in [0.2, 0.25) is 10.0 Å². The number of benzene rings is 2. The molecule has 8 heteroatoms. The third-order valence-electron chi connectivity index (χ3n) is 3.11. The predicted octanol–water partition coefficient (Wildman–Crippen LogP) is 3.81. The highest BCUT2D eigenvalue weighted by Gasteiger charge is 2.16. The Morgan fingerprint density at radius 1 is 1.00 bits per heavy atom. The first-order valence-corrected chi connectivity index (χ1v) is 7.83. The van der Waals surface area contributed by atoms with E-state index in [2.05, 4.69) is 5.32 Å². The second kappa shape index (κ2) is 8.60. The fourth-order valence-electron chi connectivity index (χ4n) is 2.01. The van der Waals surface area contributed by atoms with Gasteiger partial charge in [0.2, 0.25) is 0 Å². The molecule has 0 saturated heterocycles. The van der Waals surface area contributed by atoms with Gasteiger partial charge >= 0.3 is 5.97 Å². The first-order valence-electron chi connectivity index (χ1n) is 7.08. The van der Waals surface area contributed by atoms with Crippen LogP contribution in [-0.4, -0.2) is 32.7 Å². The number of rotatable bonds is 6. The van der Waals surface area contributed by atoms with E-state index < -0.39 is 18.5 Å². The van der Waals surface area contributed by atoms with Crippen molar-refractivity contribution in [2.75, 3.05) is 26.1 Å². The van der Waals surface area contributed by atoms with Crippen molar-refractivity contribution >= 4 is 40.8 Å². The van der Waals surface area contributed by atoms with Crippen molar-refractivity contribution in [1.82, 2.24) is 0 Å². The second-order valence-electron chi connectivity index (χ2n) is 4.85. The molecule has 1 N–H and O–H groups in total. The smallest absolute Gasteiger partial charge is 0.342 e. The zero-order chi connectivity index (χ0) is 18.4. The maximum Gasteiger partial charge on any atom is 0.342 e. The number of hydrogen-bond donors (Lipinski definition) is 1. The Labute approximate surface area is 154 Å². The molecule has 0 aliphatic rings. The van der Waals surface area contributed by atoms with Crippen LogP contribution in [0, 0.1) is 0 Å². The van der Waals surface area contributed by atoms with Crippen LogP contribution in [0.3, 0.4) is 0 Å². The van der Waals surface area contributed by atoms with Gasteiger partial charge in [-0.05, 0) is 36.4 Å². The van der Waals surface area contributed by atoms with E-state index in [4.69, 9.17) is 37.4 Å². The zero-order valence-electron chi connectivity index (χ0n) is 13.5. The van der Waals surface area contributed by atoms with Crippen molar-refractivity contribution in [3.8, 4) is 11.5 Å². The Hall–Kier alpha value is -2.44. The van der Waals surface area contributed by atoms with Gasteiger partial charge in [0, 0.05) is 15.7 Å². The van der Waals surface area contributed by atoms with Crippen LogP contribution in [0.1, 0.15) is 10.4 Å². The summed E-state index contributed by atoms with van der Waals surface area (Å²) in [6.45, 7) is -0.483. The van der Waals surface area contributed by atoms with E-state index in [1.807, 2.05) is 0 Å². The monoisotopic (exact) mass is 383 g/mol. The number of amides is 1. The number of esters is 1. The highest BCUT2D eigenvalue weighted by molar-refractivity contribution is 6.35. The lowest BCUT2D eigenvalue weighted by Gasteiger charge is -2.11. The van der Waals surface area contributed by atoms with E-state index in [9.17, 15) is 9.59 Å². The predicted molar refractivity (Wildman–Crippen MR) is 94.9 cm³/mol. The minimum atomic E-state index is -0.713. The van der Waals surface area contributed by atoms with Crippen LogP contribution < -0.4 is 14.8 Å². The van der Waals surface area contributed by atoms with Crippen molar-refractivity contribution < 1.29 is 23.8 Å². The molecule has 0 aliphatic heterocycles. The van der Waals surface area contributed by atoms with Crippen molar-refractivity contribution in [2.45, 2.75) is 0 Å². The second-order valence-corrected chi connectivity index (χ2v) is 5.72. The first-order chi connectivity index (χ1) is 11.9. The minimum absolute atomic E-state index is 0.153. The number of carbonyl (C=O) groups excluding carboxylic acids is 2. The summed E-state index contributed by atoms with van der Waals surface area (Å²) >= 11 is 11.7. The van der Waals surface area contributed by atoms with E-state index in [0.29, 0.717) is 27.2 Å². The highest BCUT2D eigenvalue weighted by atomic mass is 35.5. The summed E-state index contributed by atoms with van der Waals surface area (Å²) in [5.74, 6) is -0.470. The third kappa shape index (κ3) is 5.27. The van der Waals surface area contributed by atoms with Crippen LogP contribution in [0.15, 0.2) is 36.4 Å². The Bertz CT molecular complexity index is 774. The van der Waals surface area contributed by atoms with E-state index in [0.717, 1.165) is 0 Å². The van der Waals surface area contributed by atoms with Gasteiger partial charge in [-0.25, -0.2) is 4.79 Å². The van der Waals surface area contributed by atoms with Crippen molar-refractivity contribution in [3.63, 3.8) is 0 Å². The van der Waals surface area contributed by atoms with Crippen LogP contribution in [-0.2, 0) is 9.53 Å². The van der Waals surface area contributed by atoms with E-state index in [-0.39, 0.29) is 5.56 Å². The Morgan fingerprint density at radius 3 is 2.28 bits per heavy atom. The minimum Gasteiger partial charge on any atom is -0.497 e. The molecule has 0 bridgehead atoms. The summed E-state index contributed by atoms with van der Waals surface area (Å²) in [5.41, 5.74) is 0.554. The molecule has 132 valence electrons. The fourth-order valence-corrected chi connectivity index (χ4v) is 2.53. The van der Waals surface area contributed by atoms with Gasteiger partial charge in [0.15, 0.2) is 6.61 Å². The number of halogens is 2. The fraction of sp³-hybridized carbons (Fsp3) is 0.176. The van der Waals surface area contributed by atoms with Crippen LogP contribution in [0.4, 0.5) is 5.69 Å². The molecule has 2 aromatic carbocycles. The highest BCUT2D eigenvalue weighted by Crippen LogP contribution is 2.25. The average Bonchev–Trinajstić information content (AvgIpc) is 2.58. The molecule has 0 fully saturated rings. The van der Waals surface area contributed by atoms with Gasteiger partial charge in [-0.15, -0.1) is 0 Å². The molecular formula is C17H15Cl2NO5. The van der Waals surface area contributed by atoms with Crippen LogP contribution in [0.25, 0.3) is 0 Å². The third-order valence-corrected chi connectivity index (χ3v) is 3.54. The van der Waals surface area contributed by atoms with Gasteiger partial charge in [0.05, 0.1) is 14.2 Å². The molecule has 0 heterocycles. The van der Waals surface area contributed by atoms with Gasteiger partial charge in [0.1, 0.15) is 17.1 Å². The van der Waals surface area contributed by atoms with E-state index in [1.54, 1.807) is 12.1 Å². The Balaban J connectivity index is 2.00. The maximum absolute atomic E-state index is 12.2. The zero-order valence-corrected chi connectivity index (χ0v) is 15.0. The molecule has 0 unspecified atom stereocenters. The van der Waals surface area contributed by atoms with Gasteiger partial charge in [-0.3, -0.25) is 4.79 Å². The number of ether oxygens (including phenoxy) is 3. The summed E-state index contributed by atoms with van der Waals surface area (Å²) in [4.78, 5) is 24.1. The number of nitrogens with one attached hydrogen (secondary N) is 1. The maximum atomic E-state index is 12.2. The lowest BCUT2D eigenvalue weighted by atomic mass is 10.2. The molecule has 1 amide bonds. The lowest BCUT2D eigenvalue weighted by Crippen LogP contribution is -2.21. The topological polar surface area (TPSA) is 73.9 Å². The molecule has 6 nitrogen and oxygen atoms in total. The van der Waals surface area contributed by atoms with Gasteiger partial charge in [-0.1, -0.05) is 23.2 Å². The molecule has 0 aromatic heterocycles. The normalized spacial score (nSPS) is 10.1. The quantitative estimate of drug-likeness (QED) is 0.767. The summed E-state index contributed by atoms with van der Waals surface area (Å²) in [7, 11) is 2.90. The summed E-state index contributed by atoms with van der Waals surface area (Å²) in [5, 5.41) is 3.29. The van der Waals surface area contributed by atoms with Crippen molar-refractivity contribution in [1.29, 1.82) is 0 Å². The Kier molecular flexibility index (Phi) is 6.50. The van der Waals surface area contributed by atoms with Gasteiger partial charge < -0.3 is 19.5 Å². The molecule has 0 spiro atoms. The molecule has 0 radical (unpaired) electrons. The van der Waals surface area contributed by atoms with Crippen LogP contribution in [0.5, 0.6) is 11.5 Å². The van der Waals surface area contributed by atoms with E-state index in [1.165, 1.54) is 38.5 Å². The average molecular weight is 384 g/mol. The van der Waals surface area contributed by atoms with Gasteiger partial charge in [0.25, 0.3) is 5.91 Å². The number of hydrogen-bond acceptors (Lipinski definition) is 5. The number of anilines is 1. The molecule has 0 saturated carbocycles. The van der Waals surface area contributed by atoms with Crippen molar-refractivity contribution in [3.05, 3.63) is 52.0 Å². The first kappa shape index (κ1) is 18.9. The lowest BCUT2D eigenvalue weighted by molar-refractivity contribution is -0.119. The van der Waals surface area contributed by atoms with Crippen molar-refractivity contribution in [2.24, 2.45) is 0 Å². The van der Waals surface area contributed by atoms with Gasteiger partial charge in [-0.2, -0.15) is 0 Å².